The number of carbonyl (C=O) groups is 2. The molecule has 1 N–H and O–H groups in total. The molecule has 3 heterocycles. The van der Waals surface area contributed by atoms with Crippen LogP contribution in [0.1, 0.15) is 47.3 Å². The van der Waals surface area contributed by atoms with Crippen molar-refractivity contribution in [2.75, 3.05) is 25.0 Å². The lowest BCUT2D eigenvalue weighted by molar-refractivity contribution is 0.00122. The number of amides is 2. The van der Waals surface area contributed by atoms with Crippen LogP contribution in [0.4, 0.5) is 5.69 Å². The standard InChI is InChI=1S/C21H23N3O5/c1-2-8-27-16-4-3-7-24(12-16)21(26)18-10-14-9-15(5-6-17(14)29-18)23-20(25)19-11-22-13-28-19/h5-6,9-11,13,16H,2-4,7-8,12H2,1H3,(H,23,25). The Labute approximate surface area is 167 Å². The van der Waals surface area contributed by atoms with Gasteiger partial charge in [-0.2, -0.15) is 0 Å². The molecule has 152 valence electrons. The highest BCUT2D eigenvalue weighted by atomic mass is 16.5. The molecular formula is C21H23N3O5. The molecule has 1 aliphatic rings. The summed E-state index contributed by atoms with van der Waals surface area (Å²) in [5.74, 6) is -0.126. The van der Waals surface area contributed by atoms with Gasteiger partial charge in [-0.3, -0.25) is 9.59 Å². The minimum atomic E-state index is -0.395. The van der Waals surface area contributed by atoms with Crippen LogP contribution in [-0.2, 0) is 4.74 Å². The maximum Gasteiger partial charge on any atom is 0.293 e. The smallest absolute Gasteiger partial charge is 0.293 e. The van der Waals surface area contributed by atoms with E-state index < -0.39 is 5.91 Å². The van der Waals surface area contributed by atoms with E-state index in [9.17, 15) is 9.59 Å². The predicted molar refractivity (Wildman–Crippen MR) is 106 cm³/mol. The van der Waals surface area contributed by atoms with Gasteiger partial charge in [-0.25, -0.2) is 4.98 Å². The fourth-order valence-corrected chi connectivity index (χ4v) is 3.45. The summed E-state index contributed by atoms with van der Waals surface area (Å²) in [4.78, 5) is 30.5. The first kappa shape index (κ1) is 19.2. The molecule has 2 amide bonds. The second-order valence-corrected chi connectivity index (χ2v) is 7.07. The third-order valence-corrected chi connectivity index (χ3v) is 4.86. The summed E-state index contributed by atoms with van der Waals surface area (Å²) < 4.78 is 16.6. The number of piperidine rings is 1. The van der Waals surface area contributed by atoms with Crippen LogP contribution in [-0.4, -0.2) is 47.5 Å². The molecule has 4 rings (SSSR count). The van der Waals surface area contributed by atoms with E-state index in [1.807, 2.05) is 0 Å². The summed E-state index contributed by atoms with van der Waals surface area (Å²) in [5.41, 5.74) is 1.16. The molecule has 0 bridgehead atoms. The molecule has 0 radical (unpaired) electrons. The van der Waals surface area contributed by atoms with E-state index in [1.54, 1.807) is 29.2 Å². The highest BCUT2D eigenvalue weighted by molar-refractivity contribution is 6.03. The molecule has 1 saturated heterocycles. The number of fused-ring (bicyclic) bond motifs is 1. The topological polar surface area (TPSA) is 97.8 Å². The first-order valence-corrected chi connectivity index (χ1v) is 9.78. The fraction of sp³-hybridized carbons (Fsp3) is 0.381. The number of carbonyl (C=O) groups excluding carboxylic acids is 2. The molecular weight excluding hydrogens is 374 g/mol. The summed E-state index contributed by atoms with van der Waals surface area (Å²) in [5, 5.41) is 3.47. The van der Waals surface area contributed by atoms with Gasteiger partial charge in [0, 0.05) is 30.8 Å². The van der Waals surface area contributed by atoms with Crippen molar-refractivity contribution in [2.24, 2.45) is 0 Å². The average molecular weight is 397 g/mol. The number of aromatic nitrogens is 1. The molecule has 2 aromatic heterocycles. The molecule has 1 atom stereocenters. The van der Waals surface area contributed by atoms with Crippen molar-refractivity contribution in [1.29, 1.82) is 0 Å². The van der Waals surface area contributed by atoms with Crippen LogP contribution >= 0.6 is 0 Å². The number of anilines is 1. The summed E-state index contributed by atoms with van der Waals surface area (Å²) in [6.07, 6.45) is 5.47. The van der Waals surface area contributed by atoms with E-state index in [4.69, 9.17) is 13.6 Å². The maximum absolute atomic E-state index is 12.9. The lowest BCUT2D eigenvalue weighted by Gasteiger charge is -2.32. The Bertz CT molecular complexity index is 995. The average Bonchev–Trinajstić information content (AvgIpc) is 3.41. The van der Waals surface area contributed by atoms with E-state index in [-0.39, 0.29) is 23.5 Å². The zero-order chi connectivity index (χ0) is 20.2. The zero-order valence-electron chi connectivity index (χ0n) is 16.2. The van der Waals surface area contributed by atoms with Crippen molar-refractivity contribution >= 4 is 28.5 Å². The van der Waals surface area contributed by atoms with E-state index >= 15 is 0 Å². The second-order valence-electron chi connectivity index (χ2n) is 7.07. The minimum absolute atomic E-state index is 0.0786. The van der Waals surface area contributed by atoms with Crippen LogP contribution in [0.25, 0.3) is 11.0 Å². The van der Waals surface area contributed by atoms with Crippen molar-refractivity contribution < 1.29 is 23.2 Å². The van der Waals surface area contributed by atoms with Crippen LogP contribution < -0.4 is 5.32 Å². The third kappa shape index (κ3) is 4.32. The molecule has 1 unspecified atom stereocenters. The second kappa shape index (κ2) is 8.48. The number of rotatable bonds is 6. The largest absolute Gasteiger partial charge is 0.451 e. The maximum atomic E-state index is 12.9. The molecule has 8 heteroatoms. The fourth-order valence-electron chi connectivity index (χ4n) is 3.45. The third-order valence-electron chi connectivity index (χ3n) is 4.86. The lowest BCUT2D eigenvalue weighted by Crippen LogP contribution is -2.43. The zero-order valence-corrected chi connectivity index (χ0v) is 16.2. The van der Waals surface area contributed by atoms with Gasteiger partial charge in [-0.05, 0) is 43.5 Å². The number of hydrogen-bond donors (Lipinski definition) is 1. The molecule has 29 heavy (non-hydrogen) atoms. The summed E-state index contributed by atoms with van der Waals surface area (Å²) >= 11 is 0. The first-order valence-electron chi connectivity index (χ1n) is 9.78. The van der Waals surface area contributed by atoms with Crippen molar-refractivity contribution in [3.8, 4) is 0 Å². The number of furan rings is 1. The van der Waals surface area contributed by atoms with Crippen LogP contribution in [0.5, 0.6) is 0 Å². The van der Waals surface area contributed by atoms with Gasteiger partial charge >= 0.3 is 0 Å². The molecule has 0 spiro atoms. The van der Waals surface area contributed by atoms with Gasteiger partial charge in [0.25, 0.3) is 11.8 Å². The monoisotopic (exact) mass is 397 g/mol. The Morgan fingerprint density at radius 3 is 3.00 bits per heavy atom. The summed E-state index contributed by atoms with van der Waals surface area (Å²) in [6, 6.07) is 6.90. The number of nitrogens with zero attached hydrogens (tertiary/aromatic N) is 2. The highest BCUT2D eigenvalue weighted by Gasteiger charge is 2.27. The molecule has 0 aliphatic carbocycles. The van der Waals surface area contributed by atoms with Crippen LogP contribution in [0.15, 0.2) is 45.7 Å². The Hall–Kier alpha value is -3.13. The van der Waals surface area contributed by atoms with Crippen LogP contribution in [0.2, 0.25) is 0 Å². The number of hydrogen-bond acceptors (Lipinski definition) is 6. The van der Waals surface area contributed by atoms with Gasteiger partial charge in [0.15, 0.2) is 12.2 Å². The van der Waals surface area contributed by atoms with Gasteiger partial charge in [-0.1, -0.05) is 6.92 Å². The van der Waals surface area contributed by atoms with Gasteiger partial charge in [-0.15, -0.1) is 0 Å². The Kier molecular flexibility index (Phi) is 5.62. The Morgan fingerprint density at radius 1 is 1.31 bits per heavy atom. The number of likely N-dealkylation sites (tertiary alicyclic amines) is 1. The van der Waals surface area contributed by atoms with E-state index in [0.717, 1.165) is 24.6 Å². The number of benzene rings is 1. The van der Waals surface area contributed by atoms with Crippen LogP contribution in [0, 0.1) is 0 Å². The predicted octanol–water partition coefficient (Wildman–Crippen LogP) is 3.70. The van der Waals surface area contributed by atoms with Crippen molar-refractivity contribution in [3.05, 3.63) is 48.4 Å². The van der Waals surface area contributed by atoms with Crippen molar-refractivity contribution in [1.82, 2.24) is 9.88 Å². The quantitative estimate of drug-likeness (QED) is 0.681. The van der Waals surface area contributed by atoms with Crippen LogP contribution in [0.3, 0.4) is 0 Å². The van der Waals surface area contributed by atoms with Gasteiger partial charge < -0.3 is 23.8 Å². The molecule has 0 saturated carbocycles. The van der Waals surface area contributed by atoms with Crippen molar-refractivity contribution in [2.45, 2.75) is 32.3 Å². The summed E-state index contributed by atoms with van der Waals surface area (Å²) in [6.45, 7) is 4.05. The highest BCUT2D eigenvalue weighted by Crippen LogP contribution is 2.25. The Balaban J connectivity index is 1.47. The first-order chi connectivity index (χ1) is 14.1. The SMILES string of the molecule is CCCOC1CCCN(C(=O)c2cc3cc(NC(=O)c4cnco4)ccc3o2)C1. The molecule has 1 aromatic carbocycles. The normalized spacial score (nSPS) is 16.9. The Morgan fingerprint density at radius 2 is 2.21 bits per heavy atom. The number of ether oxygens (including phenoxy) is 1. The molecule has 3 aromatic rings. The van der Waals surface area contributed by atoms with E-state index in [2.05, 4.69) is 17.2 Å². The summed E-state index contributed by atoms with van der Waals surface area (Å²) in [7, 11) is 0. The van der Waals surface area contributed by atoms with E-state index in [1.165, 1.54) is 12.6 Å². The number of nitrogens with one attached hydrogen (secondary N) is 1. The van der Waals surface area contributed by atoms with E-state index in [0.29, 0.717) is 31.0 Å². The molecule has 1 fully saturated rings. The molecule has 1 aliphatic heterocycles. The van der Waals surface area contributed by atoms with Gasteiger partial charge in [0.2, 0.25) is 5.76 Å². The minimum Gasteiger partial charge on any atom is -0.451 e. The van der Waals surface area contributed by atoms with Crippen molar-refractivity contribution in [3.63, 3.8) is 0 Å². The lowest BCUT2D eigenvalue weighted by atomic mass is 10.1. The number of oxazole rings is 1. The van der Waals surface area contributed by atoms with Gasteiger partial charge in [0.05, 0.1) is 12.3 Å². The molecule has 8 nitrogen and oxygen atoms in total. The van der Waals surface area contributed by atoms with Gasteiger partial charge in [0.1, 0.15) is 5.58 Å².